The molecule has 4 rings (SSSR count). The van der Waals surface area contributed by atoms with Crippen LogP contribution in [-0.2, 0) is 16.1 Å². The smallest absolute Gasteiger partial charge is 0.335 e. The molecular formula is C21H16F4N4O4. The molecule has 172 valence electrons. The van der Waals surface area contributed by atoms with E-state index in [1.807, 2.05) is 0 Å². The zero-order chi connectivity index (χ0) is 23.9. The zero-order valence-corrected chi connectivity index (χ0v) is 16.8. The molecule has 1 aromatic heterocycles. The highest BCUT2D eigenvalue weighted by Gasteiger charge is 2.45. The van der Waals surface area contributed by atoms with Crippen LogP contribution in [0.15, 0.2) is 36.5 Å². The lowest BCUT2D eigenvalue weighted by Gasteiger charge is -2.29. The Morgan fingerprint density at radius 3 is 2.64 bits per heavy atom. The third-order valence-electron chi connectivity index (χ3n) is 5.45. The number of hydrogen-bond acceptors (Lipinski definition) is 5. The molecule has 1 fully saturated rings. The number of halogens is 4. The van der Waals surface area contributed by atoms with Crippen molar-refractivity contribution in [3.05, 3.63) is 64.7 Å². The molecule has 2 aromatic rings. The van der Waals surface area contributed by atoms with Gasteiger partial charge < -0.3 is 10.2 Å². The van der Waals surface area contributed by atoms with E-state index in [4.69, 9.17) is 0 Å². The van der Waals surface area contributed by atoms with Crippen LogP contribution < -0.4 is 10.6 Å². The molecule has 2 N–H and O–H groups in total. The Labute approximate surface area is 184 Å². The van der Waals surface area contributed by atoms with Gasteiger partial charge in [0.1, 0.15) is 17.6 Å². The second-order valence-electron chi connectivity index (χ2n) is 7.59. The maximum atomic E-state index is 13.9. The summed E-state index contributed by atoms with van der Waals surface area (Å²) in [6.07, 6.45) is -3.83. The molecule has 0 radical (unpaired) electrons. The van der Waals surface area contributed by atoms with Gasteiger partial charge in [0.2, 0.25) is 11.8 Å². The fourth-order valence-electron chi connectivity index (χ4n) is 3.85. The van der Waals surface area contributed by atoms with Crippen molar-refractivity contribution < 1.29 is 36.7 Å². The first-order valence-electron chi connectivity index (χ1n) is 9.82. The van der Waals surface area contributed by atoms with Crippen LogP contribution in [0.4, 0.5) is 17.6 Å². The van der Waals surface area contributed by atoms with Crippen molar-refractivity contribution in [2.24, 2.45) is 0 Å². The van der Waals surface area contributed by atoms with Crippen LogP contribution in [0, 0.1) is 5.82 Å². The largest absolute Gasteiger partial charge is 0.414 e. The first kappa shape index (κ1) is 22.4. The molecule has 2 aliphatic heterocycles. The number of fused-ring (bicyclic) bond motifs is 1. The van der Waals surface area contributed by atoms with Crippen molar-refractivity contribution in [3.8, 4) is 0 Å². The van der Waals surface area contributed by atoms with Gasteiger partial charge in [0.05, 0.1) is 0 Å². The van der Waals surface area contributed by atoms with Crippen LogP contribution in [0.2, 0.25) is 0 Å². The molecule has 2 unspecified atom stereocenters. The molecular weight excluding hydrogens is 448 g/mol. The van der Waals surface area contributed by atoms with Crippen LogP contribution in [0.5, 0.6) is 0 Å². The number of pyridine rings is 1. The fraction of sp³-hybridized carbons (Fsp3) is 0.286. The molecule has 33 heavy (non-hydrogen) atoms. The van der Waals surface area contributed by atoms with Gasteiger partial charge in [-0.05, 0) is 42.3 Å². The van der Waals surface area contributed by atoms with Gasteiger partial charge >= 0.3 is 6.18 Å². The van der Waals surface area contributed by atoms with Gasteiger partial charge in [0.15, 0.2) is 6.04 Å². The number of nitrogens with zero attached hydrogens (tertiary/aromatic N) is 2. The van der Waals surface area contributed by atoms with Crippen LogP contribution in [0.25, 0.3) is 0 Å². The van der Waals surface area contributed by atoms with Gasteiger partial charge in [-0.15, -0.1) is 0 Å². The van der Waals surface area contributed by atoms with E-state index < -0.39 is 53.4 Å². The zero-order valence-electron chi connectivity index (χ0n) is 16.8. The van der Waals surface area contributed by atoms with E-state index >= 15 is 0 Å². The lowest BCUT2D eigenvalue weighted by atomic mass is 10.0. The monoisotopic (exact) mass is 464 g/mol. The predicted molar refractivity (Wildman–Crippen MR) is 103 cm³/mol. The maximum absolute atomic E-state index is 13.9. The third-order valence-corrected chi connectivity index (χ3v) is 5.45. The number of alkyl halides is 3. The summed E-state index contributed by atoms with van der Waals surface area (Å²) in [4.78, 5) is 53.4. The number of piperidine rings is 1. The number of imide groups is 1. The topological polar surface area (TPSA) is 108 Å². The van der Waals surface area contributed by atoms with Crippen LogP contribution >= 0.6 is 0 Å². The Morgan fingerprint density at radius 1 is 1.21 bits per heavy atom. The summed E-state index contributed by atoms with van der Waals surface area (Å²) in [5, 5.41) is 3.91. The maximum Gasteiger partial charge on any atom is 0.414 e. The van der Waals surface area contributed by atoms with E-state index in [0.29, 0.717) is 5.56 Å². The number of amides is 4. The molecule has 0 spiro atoms. The van der Waals surface area contributed by atoms with Crippen LogP contribution in [0.3, 0.4) is 0 Å². The highest BCUT2D eigenvalue weighted by Crippen LogP contribution is 2.33. The Morgan fingerprint density at radius 2 is 1.97 bits per heavy atom. The molecule has 0 bridgehead atoms. The van der Waals surface area contributed by atoms with E-state index in [1.54, 1.807) is 5.32 Å². The minimum absolute atomic E-state index is 0.0564. The highest BCUT2D eigenvalue weighted by molar-refractivity contribution is 6.06. The number of hydrogen-bond donors (Lipinski definition) is 2. The molecule has 4 amide bonds. The lowest BCUT2D eigenvalue weighted by molar-refractivity contribution is -0.156. The van der Waals surface area contributed by atoms with E-state index in [1.165, 1.54) is 23.1 Å². The van der Waals surface area contributed by atoms with E-state index in [9.17, 15) is 36.7 Å². The molecule has 12 heteroatoms. The Bertz CT molecular complexity index is 1170. The van der Waals surface area contributed by atoms with Gasteiger partial charge in [-0.2, -0.15) is 13.2 Å². The quantitative estimate of drug-likeness (QED) is 0.532. The van der Waals surface area contributed by atoms with Crippen molar-refractivity contribution in [1.29, 1.82) is 0 Å². The number of carbonyl (C=O) groups is 4. The summed E-state index contributed by atoms with van der Waals surface area (Å²) in [6.45, 7) is -0.0564. The molecule has 0 aliphatic carbocycles. The van der Waals surface area contributed by atoms with Gasteiger partial charge in [-0.1, -0.05) is 0 Å². The van der Waals surface area contributed by atoms with Crippen molar-refractivity contribution in [3.63, 3.8) is 0 Å². The first-order valence-corrected chi connectivity index (χ1v) is 9.82. The van der Waals surface area contributed by atoms with Crippen LogP contribution in [0.1, 0.15) is 50.9 Å². The third kappa shape index (κ3) is 4.28. The van der Waals surface area contributed by atoms with E-state index in [2.05, 4.69) is 10.3 Å². The van der Waals surface area contributed by atoms with E-state index in [0.717, 1.165) is 18.3 Å². The van der Waals surface area contributed by atoms with Crippen molar-refractivity contribution in [1.82, 2.24) is 20.5 Å². The van der Waals surface area contributed by atoms with Crippen molar-refractivity contribution >= 4 is 23.6 Å². The summed E-state index contributed by atoms with van der Waals surface area (Å²) in [7, 11) is 0. The van der Waals surface area contributed by atoms with Crippen molar-refractivity contribution in [2.45, 2.75) is 37.6 Å². The number of aromatic nitrogens is 1. The number of nitrogens with one attached hydrogen (secondary N) is 2. The summed E-state index contributed by atoms with van der Waals surface area (Å²) in [5.74, 6) is -3.91. The minimum Gasteiger partial charge on any atom is -0.335 e. The molecule has 2 atom stereocenters. The first-order chi connectivity index (χ1) is 15.6. The standard InChI is InChI=1S/C21H16F4N4O4/c22-13-2-1-7-26-16(13)17(21(23,24)25)28-18(31)10-3-4-12-11(8-10)9-29(20(12)33)14-5-6-15(30)27-19(14)32/h1-4,7-8,14,17H,5-6,9H2,(H,28,31)(H,27,30,32). The summed E-state index contributed by atoms with van der Waals surface area (Å²) < 4.78 is 54.5. The number of carbonyl (C=O) groups excluding carboxylic acids is 4. The highest BCUT2D eigenvalue weighted by atomic mass is 19.4. The van der Waals surface area contributed by atoms with Crippen LogP contribution in [-0.4, -0.2) is 45.7 Å². The number of benzene rings is 1. The second kappa shape index (κ2) is 8.26. The Hall–Kier alpha value is -3.83. The number of rotatable bonds is 4. The van der Waals surface area contributed by atoms with Gasteiger partial charge in [0, 0.05) is 30.3 Å². The van der Waals surface area contributed by atoms with E-state index in [-0.39, 0.29) is 30.5 Å². The van der Waals surface area contributed by atoms with Crippen molar-refractivity contribution in [2.75, 3.05) is 0 Å². The summed E-state index contributed by atoms with van der Waals surface area (Å²) in [5.41, 5.74) is -0.625. The Kier molecular flexibility index (Phi) is 5.60. The summed E-state index contributed by atoms with van der Waals surface area (Å²) >= 11 is 0. The molecule has 3 heterocycles. The SMILES string of the molecule is O=C1CCC(N2Cc3cc(C(=O)NC(c4ncccc4F)C(F)(F)F)ccc3C2=O)C(=O)N1. The molecule has 8 nitrogen and oxygen atoms in total. The molecule has 1 saturated heterocycles. The fourth-order valence-corrected chi connectivity index (χ4v) is 3.85. The average Bonchev–Trinajstić information content (AvgIpc) is 3.07. The van der Waals surface area contributed by atoms with Gasteiger partial charge in [0.25, 0.3) is 11.8 Å². The molecule has 1 aromatic carbocycles. The lowest BCUT2D eigenvalue weighted by Crippen LogP contribution is -2.52. The second-order valence-corrected chi connectivity index (χ2v) is 7.59. The minimum atomic E-state index is -5.01. The molecule has 0 saturated carbocycles. The Balaban J connectivity index is 1.56. The normalized spacial score (nSPS) is 19.2. The predicted octanol–water partition coefficient (Wildman–Crippen LogP) is 2.02. The average molecular weight is 464 g/mol. The summed E-state index contributed by atoms with van der Waals surface area (Å²) in [6, 6.07) is 2.07. The molecule has 2 aliphatic rings. The van der Waals surface area contributed by atoms with Gasteiger partial charge in [-0.3, -0.25) is 29.5 Å². The van der Waals surface area contributed by atoms with Gasteiger partial charge in [-0.25, -0.2) is 4.39 Å².